The van der Waals surface area contributed by atoms with Crippen molar-refractivity contribution in [1.82, 2.24) is 10.3 Å². The van der Waals surface area contributed by atoms with Crippen molar-refractivity contribution in [2.75, 3.05) is 18.4 Å². The van der Waals surface area contributed by atoms with Crippen molar-refractivity contribution < 1.29 is 4.79 Å². The van der Waals surface area contributed by atoms with Gasteiger partial charge >= 0.3 is 0 Å². The molecule has 0 aliphatic rings. The zero-order chi connectivity index (χ0) is 14.1. The van der Waals surface area contributed by atoms with Crippen molar-refractivity contribution in [3.05, 3.63) is 23.9 Å². The van der Waals surface area contributed by atoms with E-state index in [2.05, 4.69) is 20.6 Å². The van der Waals surface area contributed by atoms with Gasteiger partial charge in [0.2, 0.25) is 5.91 Å². The molecular weight excluding hydrogens is 369 g/mol. The summed E-state index contributed by atoms with van der Waals surface area (Å²) < 4.78 is 0. The number of anilines is 1. The Kier molecular flexibility index (Phi) is 9.69. The number of nitrogens with zero attached hydrogens (tertiary/aromatic N) is 2. The highest BCUT2D eigenvalue weighted by Gasteiger charge is 2.03. The molecule has 0 bridgehead atoms. The molecule has 0 aliphatic carbocycles. The van der Waals surface area contributed by atoms with E-state index in [0.29, 0.717) is 31.3 Å². The largest absolute Gasteiger partial charge is 0.370 e. The van der Waals surface area contributed by atoms with Crippen LogP contribution in [0.25, 0.3) is 0 Å². The summed E-state index contributed by atoms with van der Waals surface area (Å²) in [6.45, 7) is 5.05. The smallest absolute Gasteiger partial charge is 0.227 e. The molecule has 1 heterocycles. The van der Waals surface area contributed by atoms with E-state index in [0.717, 1.165) is 12.1 Å². The summed E-state index contributed by atoms with van der Waals surface area (Å²) in [5, 5.41) is 5.62. The lowest BCUT2D eigenvalue weighted by Gasteiger charge is -2.06. The molecule has 4 N–H and O–H groups in total. The molecule has 0 saturated heterocycles. The van der Waals surface area contributed by atoms with Gasteiger partial charge in [-0.3, -0.25) is 9.79 Å². The lowest BCUT2D eigenvalue weighted by molar-refractivity contribution is -0.116. The molecule has 112 valence electrons. The van der Waals surface area contributed by atoms with Gasteiger partial charge in [0.25, 0.3) is 0 Å². The quantitative estimate of drug-likeness (QED) is 0.391. The van der Waals surface area contributed by atoms with E-state index in [1.54, 1.807) is 6.07 Å². The molecule has 1 aromatic rings. The van der Waals surface area contributed by atoms with Gasteiger partial charge in [-0.25, -0.2) is 4.98 Å². The predicted octanol–water partition coefficient (Wildman–Crippen LogP) is 1.65. The Bertz CT molecular complexity index is 450. The van der Waals surface area contributed by atoms with Gasteiger partial charge in [-0.1, -0.05) is 13.0 Å². The lowest BCUT2D eigenvalue weighted by atomic mass is 10.3. The van der Waals surface area contributed by atoms with E-state index < -0.39 is 0 Å². The van der Waals surface area contributed by atoms with Crippen molar-refractivity contribution in [2.24, 2.45) is 10.7 Å². The molecule has 0 unspecified atom stereocenters. The Labute approximate surface area is 136 Å². The maximum atomic E-state index is 11.6. The molecule has 1 amide bonds. The third-order valence-corrected chi connectivity index (χ3v) is 2.32. The summed E-state index contributed by atoms with van der Waals surface area (Å²) >= 11 is 0. The van der Waals surface area contributed by atoms with Gasteiger partial charge < -0.3 is 16.4 Å². The predicted molar refractivity (Wildman–Crippen MR) is 92.4 cm³/mol. The Morgan fingerprint density at radius 2 is 2.20 bits per heavy atom. The first kappa shape index (κ1) is 18.6. The Balaban J connectivity index is 0.00000361. The van der Waals surface area contributed by atoms with Crippen molar-refractivity contribution in [3.63, 3.8) is 0 Å². The third-order valence-electron chi connectivity index (χ3n) is 2.32. The van der Waals surface area contributed by atoms with Crippen LogP contribution in [0, 0.1) is 6.92 Å². The lowest BCUT2D eigenvalue weighted by Crippen LogP contribution is -2.34. The van der Waals surface area contributed by atoms with Crippen LogP contribution in [0.5, 0.6) is 0 Å². The summed E-state index contributed by atoms with van der Waals surface area (Å²) in [5.41, 5.74) is 6.48. The highest BCUT2D eigenvalue weighted by molar-refractivity contribution is 14.0. The number of hydrogen-bond donors (Lipinski definition) is 3. The first-order valence-corrected chi connectivity index (χ1v) is 6.39. The second kappa shape index (κ2) is 10.4. The van der Waals surface area contributed by atoms with Crippen LogP contribution < -0.4 is 16.4 Å². The number of aryl methyl sites for hydroxylation is 1. The van der Waals surface area contributed by atoms with Gasteiger partial charge in [0.05, 0.1) is 0 Å². The number of nitrogens with two attached hydrogens (primary N) is 1. The van der Waals surface area contributed by atoms with E-state index in [4.69, 9.17) is 5.73 Å². The molecule has 0 aliphatic heterocycles. The van der Waals surface area contributed by atoms with Gasteiger partial charge in [0.15, 0.2) is 5.96 Å². The minimum atomic E-state index is -0.103. The summed E-state index contributed by atoms with van der Waals surface area (Å²) in [4.78, 5) is 19.9. The zero-order valence-corrected chi connectivity index (χ0v) is 14.2. The van der Waals surface area contributed by atoms with Crippen LogP contribution in [0.1, 0.15) is 25.5 Å². The summed E-state index contributed by atoms with van der Waals surface area (Å²) in [5.74, 6) is 0.842. The van der Waals surface area contributed by atoms with E-state index in [-0.39, 0.29) is 29.9 Å². The summed E-state index contributed by atoms with van der Waals surface area (Å²) in [7, 11) is 0. The molecule has 0 aromatic carbocycles. The molecule has 6 nitrogen and oxygen atoms in total. The number of hydrogen-bond acceptors (Lipinski definition) is 3. The van der Waals surface area contributed by atoms with Crippen molar-refractivity contribution in [2.45, 2.75) is 26.7 Å². The highest BCUT2D eigenvalue weighted by Crippen LogP contribution is 2.03. The standard InChI is InChI=1S/C13H21N5O.HI/c1-3-8-15-13(14)16-9-7-12(19)18-11-6-4-5-10(2)17-11;/h4-6H,3,7-9H2,1-2H3,(H3,14,15,16)(H,17,18,19);1H. The first-order valence-electron chi connectivity index (χ1n) is 6.39. The first-order chi connectivity index (χ1) is 9.11. The Morgan fingerprint density at radius 1 is 1.45 bits per heavy atom. The van der Waals surface area contributed by atoms with Gasteiger partial charge in [-0.2, -0.15) is 0 Å². The minimum Gasteiger partial charge on any atom is -0.370 e. The number of nitrogens with one attached hydrogen (secondary N) is 2. The fourth-order valence-corrected chi connectivity index (χ4v) is 1.41. The van der Waals surface area contributed by atoms with E-state index >= 15 is 0 Å². The number of rotatable bonds is 6. The number of halogens is 1. The van der Waals surface area contributed by atoms with Crippen LogP contribution in [0.2, 0.25) is 0 Å². The fraction of sp³-hybridized carbons (Fsp3) is 0.462. The van der Waals surface area contributed by atoms with Crippen LogP contribution in [-0.4, -0.2) is 29.9 Å². The van der Waals surface area contributed by atoms with Crippen molar-refractivity contribution in [1.29, 1.82) is 0 Å². The topological polar surface area (TPSA) is 92.4 Å². The second-order valence-corrected chi connectivity index (χ2v) is 4.16. The molecule has 0 radical (unpaired) electrons. The van der Waals surface area contributed by atoms with E-state index in [1.165, 1.54) is 0 Å². The minimum absolute atomic E-state index is 0. The van der Waals surface area contributed by atoms with E-state index in [9.17, 15) is 4.79 Å². The number of carbonyl (C=O) groups is 1. The molecule has 20 heavy (non-hydrogen) atoms. The van der Waals surface area contributed by atoms with Gasteiger partial charge in [0.1, 0.15) is 5.82 Å². The Morgan fingerprint density at radius 3 is 2.85 bits per heavy atom. The maximum Gasteiger partial charge on any atom is 0.227 e. The number of carbonyl (C=O) groups excluding carboxylic acids is 1. The van der Waals surface area contributed by atoms with Crippen LogP contribution >= 0.6 is 24.0 Å². The number of amides is 1. The SMILES string of the molecule is CCCN=C(N)NCCC(=O)Nc1cccc(C)n1.I. The molecule has 7 heteroatoms. The summed E-state index contributed by atoms with van der Waals surface area (Å²) in [6.07, 6.45) is 1.26. The van der Waals surface area contributed by atoms with Crippen LogP contribution in [0.15, 0.2) is 23.2 Å². The molecule has 0 spiro atoms. The average molecular weight is 391 g/mol. The molecule has 0 fully saturated rings. The number of aromatic nitrogens is 1. The molecule has 0 atom stereocenters. The van der Waals surface area contributed by atoms with Crippen molar-refractivity contribution >= 4 is 41.7 Å². The van der Waals surface area contributed by atoms with Gasteiger partial charge in [-0.05, 0) is 25.5 Å². The molecule has 0 saturated carbocycles. The second-order valence-electron chi connectivity index (χ2n) is 4.16. The number of pyridine rings is 1. The highest BCUT2D eigenvalue weighted by atomic mass is 127. The Hall–Kier alpha value is -1.38. The van der Waals surface area contributed by atoms with E-state index in [1.807, 2.05) is 26.0 Å². The van der Waals surface area contributed by atoms with Crippen molar-refractivity contribution in [3.8, 4) is 0 Å². The van der Waals surface area contributed by atoms with Crippen LogP contribution in [-0.2, 0) is 4.79 Å². The monoisotopic (exact) mass is 391 g/mol. The number of guanidine groups is 1. The van der Waals surface area contributed by atoms with Gasteiger partial charge in [0, 0.05) is 25.2 Å². The molecule has 1 aromatic heterocycles. The normalized spacial score (nSPS) is 10.6. The number of aliphatic imine (C=N–C) groups is 1. The zero-order valence-electron chi connectivity index (χ0n) is 11.8. The fourth-order valence-electron chi connectivity index (χ4n) is 1.41. The molecule has 1 rings (SSSR count). The van der Waals surface area contributed by atoms with Crippen LogP contribution in [0.4, 0.5) is 5.82 Å². The molecular formula is C13H22IN5O. The average Bonchev–Trinajstić information content (AvgIpc) is 2.36. The summed E-state index contributed by atoms with van der Waals surface area (Å²) in [6, 6.07) is 5.49. The van der Waals surface area contributed by atoms with Gasteiger partial charge in [-0.15, -0.1) is 24.0 Å². The third kappa shape index (κ3) is 7.93. The maximum absolute atomic E-state index is 11.6. The van der Waals surface area contributed by atoms with Crippen LogP contribution in [0.3, 0.4) is 0 Å².